The van der Waals surface area contributed by atoms with Crippen molar-refractivity contribution in [2.45, 2.75) is 49.9 Å². The van der Waals surface area contributed by atoms with Crippen LogP contribution >= 0.6 is 0 Å². The summed E-state index contributed by atoms with van der Waals surface area (Å²) in [6, 6.07) is 0.188. The number of aliphatic carboxylic acids is 1. The van der Waals surface area contributed by atoms with Crippen LogP contribution in [0.2, 0.25) is 0 Å². The lowest BCUT2D eigenvalue weighted by atomic mass is 9.87. The van der Waals surface area contributed by atoms with Crippen molar-refractivity contribution in [2.75, 3.05) is 44.8 Å². The third-order valence-corrected chi connectivity index (χ3v) is 5.88. The number of carboxylic acids is 1. The molecule has 4 rings (SSSR count). The summed E-state index contributed by atoms with van der Waals surface area (Å²) in [6.07, 6.45) is 2.90. The maximum absolute atomic E-state index is 12.9. The minimum Gasteiger partial charge on any atom is -0.475 e. The second-order valence-electron chi connectivity index (χ2n) is 8.46. The number of nitrogens with zero attached hydrogens (tertiary/aromatic N) is 3. The molecular weight excluding hydrogens is 436 g/mol. The van der Waals surface area contributed by atoms with E-state index >= 15 is 0 Å². The molecule has 32 heavy (non-hydrogen) atoms. The average Bonchev–Trinajstić information content (AvgIpc) is 3.11. The van der Waals surface area contributed by atoms with Crippen LogP contribution in [-0.4, -0.2) is 83.2 Å². The van der Waals surface area contributed by atoms with Gasteiger partial charge in [0.2, 0.25) is 5.95 Å². The van der Waals surface area contributed by atoms with Gasteiger partial charge in [-0.25, -0.2) is 19.2 Å². The molecule has 1 aromatic heterocycles. The minimum absolute atomic E-state index is 0.0545. The molecule has 1 aromatic rings. The van der Waals surface area contributed by atoms with Gasteiger partial charge in [-0.15, -0.1) is 0 Å². The Bertz CT molecular complexity index is 746. The fraction of sp³-hybridized carbons (Fsp3) is 0.750. The number of halogens is 4. The molecule has 0 bridgehead atoms. The number of alkyl halides is 3. The lowest BCUT2D eigenvalue weighted by Crippen LogP contribution is -2.49. The van der Waals surface area contributed by atoms with Crippen molar-refractivity contribution in [1.82, 2.24) is 14.9 Å². The highest BCUT2D eigenvalue weighted by atomic mass is 19.4. The molecule has 2 atom stereocenters. The Labute approximate surface area is 183 Å². The van der Waals surface area contributed by atoms with Crippen molar-refractivity contribution in [3.63, 3.8) is 0 Å². The Morgan fingerprint density at radius 2 is 1.94 bits per heavy atom. The zero-order valence-electron chi connectivity index (χ0n) is 17.6. The Kier molecular flexibility index (Phi) is 8.23. The second kappa shape index (κ2) is 10.7. The first kappa shape index (κ1) is 24.6. The van der Waals surface area contributed by atoms with Gasteiger partial charge in [-0.3, -0.25) is 0 Å². The maximum atomic E-state index is 12.9. The van der Waals surface area contributed by atoms with Gasteiger partial charge in [-0.1, -0.05) is 0 Å². The van der Waals surface area contributed by atoms with E-state index in [0.717, 1.165) is 45.1 Å². The lowest BCUT2D eigenvalue weighted by molar-refractivity contribution is -0.192. The molecule has 2 N–H and O–H groups in total. The molecular formula is C20H28F4N4O4. The average molecular weight is 464 g/mol. The Hall–Kier alpha value is -2.05. The van der Waals surface area contributed by atoms with Gasteiger partial charge in [0, 0.05) is 32.7 Å². The number of ether oxygens (including phenoxy) is 2. The molecule has 0 saturated carbocycles. The van der Waals surface area contributed by atoms with E-state index in [1.54, 1.807) is 0 Å². The van der Waals surface area contributed by atoms with E-state index in [4.69, 9.17) is 19.4 Å². The number of carboxylic acid groups (broad SMARTS) is 1. The van der Waals surface area contributed by atoms with Crippen LogP contribution in [0.3, 0.4) is 0 Å². The first-order chi connectivity index (χ1) is 15.2. The molecule has 3 aliphatic heterocycles. The van der Waals surface area contributed by atoms with Crippen molar-refractivity contribution < 1.29 is 36.9 Å². The monoisotopic (exact) mass is 464 g/mol. The molecule has 0 amide bonds. The van der Waals surface area contributed by atoms with E-state index in [9.17, 15) is 17.6 Å². The van der Waals surface area contributed by atoms with Crippen LogP contribution in [0.4, 0.5) is 23.5 Å². The molecule has 3 fully saturated rings. The second-order valence-corrected chi connectivity index (χ2v) is 8.46. The highest BCUT2D eigenvalue weighted by Gasteiger charge is 2.44. The van der Waals surface area contributed by atoms with E-state index < -0.39 is 18.0 Å². The van der Waals surface area contributed by atoms with Gasteiger partial charge >= 0.3 is 12.1 Å². The number of anilines is 1. The van der Waals surface area contributed by atoms with Crippen molar-refractivity contribution >= 4 is 11.9 Å². The first-order valence-corrected chi connectivity index (χ1v) is 10.6. The summed E-state index contributed by atoms with van der Waals surface area (Å²) in [5.41, 5.74) is -0.0545. The third-order valence-electron chi connectivity index (χ3n) is 5.88. The van der Waals surface area contributed by atoms with Gasteiger partial charge in [-0.05, 0) is 38.1 Å². The highest BCUT2D eigenvalue weighted by molar-refractivity contribution is 5.73. The summed E-state index contributed by atoms with van der Waals surface area (Å²) in [6.45, 7) is 5.81. The van der Waals surface area contributed by atoms with Gasteiger partial charge in [-0.2, -0.15) is 13.2 Å². The summed E-state index contributed by atoms with van der Waals surface area (Å²) in [7, 11) is 0. The first-order valence-electron chi connectivity index (χ1n) is 10.6. The van der Waals surface area contributed by atoms with Crippen LogP contribution < -0.4 is 5.32 Å². The molecule has 1 spiro atoms. The van der Waals surface area contributed by atoms with Crippen LogP contribution in [0, 0.1) is 11.7 Å². The zero-order valence-corrected chi connectivity index (χ0v) is 17.6. The topological polar surface area (TPSA) is 96.8 Å². The van der Waals surface area contributed by atoms with E-state index in [2.05, 4.69) is 20.2 Å². The Morgan fingerprint density at radius 3 is 2.56 bits per heavy atom. The number of nitrogens with one attached hydrogen (secondary N) is 1. The van der Waals surface area contributed by atoms with Crippen molar-refractivity contribution in [1.29, 1.82) is 0 Å². The van der Waals surface area contributed by atoms with E-state index in [1.807, 2.05) is 0 Å². The van der Waals surface area contributed by atoms with E-state index in [0.29, 0.717) is 12.6 Å². The van der Waals surface area contributed by atoms with E-state index in [1.165, 1.54) is 38.2 Å². The van der Waals surface area contributed by atoms with Crippen molar-refractivity contribution in [3.05, 3.63) is 18.2 Å². The number of aromatic nitrogens is 2. The van der Waals surface area contributed by atoms with Gasteiger partial charge in [0.1, 0.15) is 0 Å². The smallest absolute Gasteiger partial charge is 0.475 e. The maximum Gasteiger partial charge on any atom is 0.490 e. The van der Waals surface area contributed by atoms with Crippen molar-refractivity contribution in [3.8, 4) is 0 Å². The van der Waals surface area contributed by atoms with Crippen LogP contribution in [-0.2, 0) is 14.3 Å². The molecule has 4 heterocycles. The SMILES string of the molecule is Fc1cnc(NC2COC3(CCCN(CC4CCOCC4)C3)C2)nc1.O=C(O)C(F)(F)F. The molecule has 0 aromatic carbocycles. The number of carbonyl (C=O) groups is 1. The third kappa shape index (κ3) is 7.24. The molecule has 12 heteroatoms. The molecule has 0 radical (unpaired) electrons. The molecule has 0 aliphatic carbocycles. The fourth-order valence-electron chi connectivity index (χ4n) is 4.43. The normalized spacial score (nSPS) is 27.1. The molecule has 3 aliphatic rings. The van der Waals surface area contributed by atoms with Crippen LogP contribution in [0.1, 0.15) is 32.1 Å². The molecule has 180 valence electrons. The highest BCUT2D eigenvalue weighted by Crippen LogP contribution is 2.36. The fourth-order valence-corrected chi connectivity index (χ4v) is 4.43. The van der Waals surface area contributed by atoms with Gasteiger partial charge < -0.3 is 24.8 Å². The molecule has 2 unspecified atom stereocenters. The van der Waals surface area contributed by atoms with Gasteiger partial charge in [0.15, 0.2) is 5.82 Å². The largest absolute Gasteiger partial charge is 0.490 e. The summed E-state index contributed by atoms with van der Waals surface area (Å²) in [4.78, 5) is 19.5. The Balaban J connectivity index is 0.000000360. The van der Waals surface area contributed by atoms with Crippen LogP contribution in [0.15, 0.2) is 12.4 Å². The van der Waals surface area contributed by atoms with Gasteiger partial charge in [0.25, 0.3) is 0 Å². The summed E-state index contributed by atoms with van der Waals surface area (Å²) >= 11 is 0. The standard InChI is InChI=1S/C18H27FN4O2.C2HF3O2/c19-15-9-20-17(21-10-15)22-16-8-18(25-12-16)4-1-5-23(13-18)11-14-2-6-24-7-3-14;3-2(4,5)1(6)7/h9-10,14,16H,1-8,11-13H2,(H,20,21,22);(H,6,7). The number of hydrogen-bond acceptors (Lipinski definition) is 7. The predicted molar refractivity (Wildman–Crippen MR) is 106 cm³/mol. The number of piperidine rings is 1. The van der Waals surface area contributed by atoms with Crippen LogP contribution in [0.5, 0.6) is 0 Å². The van der Waals surface area contributed by atoms with Gasteiger partial charge in [0.05, 0.1) is 30.6 Å². The number of likely N-dealkylation sites (tertiary alicyclic amines) is 1. The van der Waals surface area contributed by atoms with Crippen molar-refractivity contribution in [2.24, 2.45) is 5.92 Å². The molecule has 3 saturated heterocycles. The molecule has 8 nitrogen and oxygen atoms in total. The van der Waals surface area contributed by atoms with E-state index in [-0.39, 0.29) is 11.6 Å². The number of hydrogen-bond donors (Lipinski definition) is 2. The summed E-state index contributed by atoms with van der Waals surface area (Å²) < 4.78 is 56.4. The Morgan fingerprint density at radius 1 is 1.28 bits per heavy atom. The lowest BCUT2D eigenvalue weighted by Gasteiger charge is -2.41. The quantitative estimate of drug-likeness (QED) is 0.657. The van der Waals surface area contributed by atoms with Crippen LogP contribution in [0.25, 0.3) is 0 Å². The zero-order chi connectivity index (χ0) is 23.2. The minimum atomic E-state index is -5.08. The summed E-state index contributed by atoms with van der Waals surface area (Å²) in [5, 5.41) is 10.4. The predicted octanol–water partition coefficient (Wildman–Crippen LogP) is 2.71. The summed E-state index contributed by atoms with van der Waals surface area (Å²) in [5.74, 6) is -1.94. The number of rotatable bonds is 4.